The van der Waals surface area contributed by atoms with Gasteiger partial charge in [0.2, 0.25) is 0 Å². The molecular formula is C12H14F2N2O2. The molecule has 0 spiro atoms. The predicted molar refractivity (Wildman–Crippen MR) is 61.3 cm³/mol. The summed E-state index contributed by atoms with van der Waals surface area (Å²) < 4.78 is 31.2. The van der Waals surface area contributed by atoms with Gasteiger partial charge in [-0.3, -0.25) is 4.79 Å². The van der Waals surface area contributed by atoms with Crippen LogP contribution in [0.5, 0.6) is 0 Å². The molecule has 1 heterocycles. The SMILES string of the molecule is CO[C@@H]1CNCC1NC(=O)c1cc(F)cc(F)c1. The van der Waals surface area contributed by atoms with Gasteiger partial charge in [0.1, 0.15) is 11.6 Å². The van der Waals surface area contributed by atoms with Crippen LogP contribution in [0.3, 0.4) is 0 Å². The fourth-order valence-electron chi connectivity index (χ4n) is 1.98. The van der Waals surface area contributed by atoms with Gasteiger partial charge < -0.3 is 15.4 Å². The van der Waals surface area contributed by atoms with Crippen molar-refractivity contribution in [2.75, 3.05) is 20.2 Å². The van der Waals surface area contributed by atoms with Crippen molar-refractivity contribution < 1.29 is 18.3 Å². The Bertz CT molecular complexity index is 433. The van der Waals surface area contributed by atoms with Gasteiger partial charge in [0.25, 0.3) is 5.91 Å². The minimum atomic E-state index is -0.770. The average molecular weight is 256 g/mol. The maximum Gasteiger partial charge on any atom is 0.251 e. The number of carbonyl (C=O) groups excluding carboxylic acids is 1. The van der Waals surface area contributed by atoms with Gasteiger partial charge in [-0.2, -0.15) is 0 Å². The molecule has 2 rings (SSSR count). The van der Waals surface area contributed by atoms with Crippen LogP contribution >= 0.6 is 0 Å². The van der Waals surface area contributed by atoms with Crippen LogP contribution in [-0.4, -0.2) is 38.3 Å². The first-order valence-corrected chi connectivity index (χ1v) is 5.60. The van der Waals surface area contributed by atoms with E-state index in [4.69, 9.17) is 4.74 Å². The zero-order chi connectivity index (χ0) is 13.1. The van der Waals surface area contributed by atoms with E-state index in [0.29, 0.717) is 13.1 Å². The Balaban J connectivity index is 2.07. The number of methoxy groups -OCH3 is 1. The Morgan fingerprint density at radius 3 is 2.61 bits per heavy atom. The second-order valence-corrected chi connectivity index (χ2v) is 4.17. The smallest absolute Gasteiger partial charge is 0.251 e. The fourth-order valence-corrected chi connectivity index (χ4v) is 1.98. The highest BCUT2D eigenvalue weighted by molar-refractivity contribution is 5.94. The number of carbonyl (C=O) groups is 1. The number of rotatable bonds is 3. The van der Waals surface area contributed by atoms with Crippen molar-refractivity contribution in [3.8, 4) is 0 Å². The first kappa shape index (κ1) is 12.9. The lowest BCUT2D eigenvalue weighted by atomic mass is 10.1. The molecule has 0 bridgehead atoms. The van der Waals surface area contributed by atoms with Gasteiger partial charge in [-0.25, -0.2) is 8.78 Å². The van der Waals surface area contributed by atoms with Crippen LogP contribution in [-0.2, 0) is 4.74 Å². The topological polar surface area (TPSA) is 50.4 Å². The van der Waals surface area contributed by atoms with Gasteiger partial charge in [-0.05, 0) is 12.1 Å². The minimum absolute atomic E-state index is 0.0331. The summed E-state index contributed by atoms with van der Waals surface area (Å²) in [4.78, 5) is 11.8. The number of hydrogen-bond donors (Lipinski definition) is 2. The molecule has 1 unspecified atom stereocenters. The Kier molecular flexibility index (Phi) is 3.88. The summed E-state index contributed by atoms with van der Waals surface area (Å²) in [7, 11) is 1.55. The Morgan fingerprint density at radius 2 is 2.00 bits per heavy atom. The van der Waals surface area contributed by atoms with Crippen molar-refractivity contribution >= 4 is 5.91 Å². The van der Waals surface area contributed by atoms with Crippen molar-refractivity contribution in [3.05, 3.63) is 35.4 Å². The van der Waals surface area contributed by atoms with E-state index >= 15 is 0 Å². The molecule has 1 aromatic carbocycles. The molecule has 2 atom stereocenters. The van der Waals surface area contributed by atoms with Crippen LogP contribution in [0.1, 0.15) is 10.4 Å². The van der Waals surface area contributed by atoms with Crippen LogP contribution in [0.25, 0.3) is 0 Å². The van der Waals surface area contributed by atoms with E-state index in [0.717, 1.165) is 18.2 Å². The molecule has 1 aliphatic rings. The van der Waals surface area contributed by atoms with Gasteiger partial charge in [0, 0.05) is 31.8 Å². The number of amides is 1. The van der Waals surface area contributed by atoms with E-state index in [1.165, 1.54) is 0 Å². The third kappa shape index (κ3) is 2.83. The van der Waals surface area contributed by atoms with Crippen molar-refractivity contribution in [3.63, 3.8) is 0 Å². The molecule has 4 nitrogen and oxygen atoms in total. The summed E-state index contributed by atoms with van der Waals surface area (Å²) in [5, 5.41) is 5.76. The summed E-state index contributed by atoms with van der Waals surface area (Å²) in [6.07, 6.45) is -0.132. The monoisotopic (exact) mass is 256 g/mol. The van der Waals surface area contributed by atoms with E-state index in [1.807, 2.05) is 0 Å². The van der Waals surface area contributed by atoms with Gasteiger partial charge in [-0.1, -0.05) is 0 Å². The molecule has 0 aromatic heterocycles. The van der Waals surface area contributed by atoms with E-state index < -0.39 is 17.5 Å². The highest BCUT2D eigenvalue weighted by Gasteiger charge is 2.28. The van der Waals surface area contributed by atoms with E-state index in [9.17, 15) is 13.6 Å². The Morgan fingerprint density at radius 1 is 1.33 bits per heavy atom. The van der Waals surface area contributed by atoms with Gasteiger partial charge in [0.05, 0.1) is 12.1 Å². The number of halogens is 2. The lowest BCUT2D eigenvalue weighted by Crippen LogP contribution is -2.43. The van der Waals surface area contributed by atoms with Crippen molar-refractivity contribution in [2.45, 2.75) is 12.1 Å². The highest BCUT2D eigenvalue weighted by Crippen LogP contribution is 2.10. The Labute approximate surface area is 103 Å². The molecule has 2 N–H and O–H groups in total. The first-order valence-electron chi connectivity index (χ1n) is 5.60. The number of nitrogens with one attached hydrogen (secondary N) is 2. The molecule has 0 saturated carbocycles. The number of hydrogen-bond acceptors (Lipinski definition) is 3. The third-order valence-corrected chi connectivity index (χ3v) is 2.90. The fraction of sp³-hybridized carbons (Fsp3) is 0.417. The molecule has 0 aliphatic carbocycles. The van der Waals surface area contributed by atoms with Crippen molar-refractivity contribution in [1.29, 1.82) is 0 Å². The first-order chi connectivity index (χ1) is 8.60. The summed E-state index contributed by atoms with van der Waals surface area (Å²) in [6, 6.07) is 2.53. The average Bonchev–Trinajstić information content (AvgIpc) is 2.75. The van der Waals surface area contributed by atoms with Crippen molar-refractivity contribution in [1.82, 2.24) is 10.6 Å². The van der Waals surface area contributed by atoms with Gasteiger partial charge >= 0.3 is 0 Å². The highest BCUT2D eigenvalue weighted by atomic mass is 19.1. The second-order valence-electron chi connectivity index (χ2n) is 4.17. The Hall–Kier alpha value is -1.53. The third-order valence-electron chi connectivity index (χ3n) is 2.90. The standard InChI is InChI=1S/C12H14F2N2O2/c1-18-11-6-15-5-10(11)16-12(17)7-2-8(13)4-9(14)3-7/h2-4,10-11,15H,5-6H2,1H3,(H,16,17)/t10?,11-/m1/s1. The molecule has 1 fully saturated rings. The molecular weight excluding hydrogens is 242 g/mol. The summed E-state index contributed by atoms with van der Waals surface area (Å²) in [5.74, 6) is -2.05. The largest absolute Gasteiger partial charge is 0.378 e. The summed E-state index contributed by atoms with van der Waals surface area (Å²) in [5.41, 5.74) is -0.0331. The zero-order valence-electron chi connectivity index (χ0n) is 9.87. The van der Waals surface area contributed by atoms with Crippen LogP contribution in [0.4, 0.5) is 8.78 Å². The van der Waals surface area contributed by atoms with Crippen LogP contribution in [0, 0.1) is 11.6 Å². The summed E-state index contributed by atoms with van der Waals surface area (Å²) >= 11 is 0. The number of benzene rings is 1. The normalized spacial score (nSPS) is 23.1. The second kappa shape index (κ2) is 5.41. The molecule has 0 radical (unpaired) electrons. The quantitative estimate of drug-likeness (QED) is 0.836. The lowest BCUT2D eigenvalue weighted by molar-refractivity contribution is 0.0779. The van der Waals surface area contributed by atoms with E-state index in [-0.39, 0.29) is 17.7 Å². The van der Waals surface area contributed by atoms with E-state index in [2.05, 4.69) is 10.6 Å². The predicted octanol–water partition coefficient (Wildman–Crippen LogP) is 0.681. The molecule has 18 heavy (non-hydrogen) atoms. The van der Waals surface area contributed by atoms with Crippen LogP contribution in [0.15, 0.2) is 18.2 Å². The molecule has 1 saturated heterocycles. The molecule has 6 heteroatoms. The van der Waals surface area contributed by atoms with Gasteiger partial charge in [-0.15, -0.1) is 0 Å². The van der Waals surface area contributed by atoms with Crippen molar-refractivity contribution in [2.24, 2.45) is 0 Å². The molecule has 1 amide bonds. The van der Waals surface area contributed by atoms with Crippen LogP contribution in [0.2, 0.25) is 0 Å². The van der Waals surface area contributed by atoms with Gasteiger partial charge in [0.15, 0.2) is 0 Å². The maximum absolute atomic E-state index is 13.0. The minimum Gasteiger partial charge on any atom is -0.378 e. The number of ether oxygens (including phenoxy) is 1. The molecule has 98 valence electrons. The maximum atomic E-state index is 13.0. The molecule has 1 aromatic rings. The van der Waals surface area contributed by atoms with Crippen LogP contribution < -0.4 is 10.6 Å². The lowest BCUT2D eigenvalue weighted by Gasteiger charge is -2.18. The zero-order valence-corrected chi connectivity index (χ0v) is 9.87. The molecule has 1 aliphatic heterocycles. The summed E-state index contributed by atoms with van der Waals surface area (Å²) in [6.45, 7) is 1.21. The van der Waals surface area contributed by atoms with E-state index in [1.54, 1.807) is 7.11 Å².